The molecule has 15 heavy (non-hydrogen) atoms. The lowest BCUT2D eigenvalue weighted by Crippen LogP contribution is -2.37. The maximum atomic E-state index is 11.1. The Morgan fingerprint density at radius 2 is 2.47 bits per heavy atom. The van der Waals surface area contributed by atoms with Crippen LogP contribution in [0.25, 0.3) is 0 Å². The van der Waals surface area contributed by atoms with E-state index in [-0.39, 0.29) is 12.0 Å². The zero-order valence-electron chi connectivity index (χ0n) is 8.81. The van der Waals surface area contributed by atoms with Crippen LogP contribution in [0.3, 0.4) is 0 Å². The minimum absolute atomic E-state index is 0.0301. The highest BCUT2D eigenvalue weighted by molar-refractivity contribution is 5.71. The number of piperidine rings is 1. The molecule has 1 saturated heterocycles. The Morgan fingerprint density at radius 1 is 1.67 bits per heavy atom. The molecule has 2 heterocycles. The summed E-state index contributed by atoms with van der Waals surface area (Å²) in [6.45, 7) is 0.906. The zero-order valence-corrected chi connectivity index (χ0v) is 8.81. The average molecular weight is 208 g/mol. The van der Waals surface area contributed by atoms with Crippen LogP contribution in [0.5, 0.6) is 0 Å². The van der Waals surface area contributed by atoms with E-state index < -0.39 is 5.97 Å². The molecule has 1 aliphatic heterocycles. The van der Waals surface area contributed by atoms with E-state index in [9.17, 15) is 4.79 Å². The van der Waals surface area contributed by atoms with Crippen molar-refractivity contribution in [3.05, 3.63) is 24.0 Å². The second-order valence-corrected chi connectivity index (χ2v) is 4.13. The van der Waals surface area contributed by atoms with Gasteiger partial charge in [0, 0.05) is 25.5 Å². The van der Waals surface area contributed by atoms with Crippen LogP contribution >= 0.6 is 0 Å². The molecule has 0 bridgehead atoms. The lowest BCUT2D eigenvalue weighted by molar-refractivity contribution is -0.143. The normalized spacial score (nSPS) is 26.5. The molecule has 0 aromatic carbocycles. The maximum absolute atomic E-state index is 11.1. The molecular weight excluding hydrogens is 192 g/mol. The van der Waals surface area contributed by atoms with Gasteiger partial charge in [-0.25, -0.2) is 0 Å². The molecule has 2 N–H and O–H groups in total. The van der Waals surface area contributed by atoms with Crippen molar-refractivity contribution in [3.8, 4) is 0 Å². The number of carboxylic acids is 1. The van der Waals surface area contributed by atoms with Gasteiger partial charge in [0.15, 0.2) is 0 Å². The molecule has 0 saturated carbocycles. The van der Waals surface area contributed by atoms with E-state index in [2.05, 4.69) is 5.32 Å². The van der Waals surface area contributed by atoms with Crippen molar-refractivity contribution < 1.29 is 9.90 Å². The summed E-state index contributed by atoms with van der Waals surface area (Å²) < 4.78 is 1.95. The number of hydrogen-bond acceptors (Lipinski definition) is 2. The molecule has 1 aliphatic rings. The van der Waals surface area contributed by atoms with Gasteiger partial charge in [-0.2, -0.15) is 0 Å². The summed E-state index contributed by atoms with van der Waals surface area (Å²) in [7, 11) is 1.95. The standard InChI is InChI=1S/C11H16N2O2/c1-13-6-4-8(7-13)10-9(11(14)15)3-2-5-12-10/h4,6-7,9-10,12H,2-3,5H2,1H3,(H,14,15)/t9-,10+/m1/s1. The van der Waals surface area contributed by atoms with Crippen molar-refractivity contribution in [3.63, 3.8) is 0 Å². The minimum atomic E-state index is -0.698. The van der Waals surface area contributed by atoms with Gasteiger partial charge in [0.05, 0.1) is 5.92 Å². The van der Waals surface area contributed by atoms with Crippen LogP contribution in [0, 0.1) is 5.92 Å². The molecule has 0 spiro atoms. The Kier molecular flexibility index (Phi) is 2.77. The number of aryl methyl sites for hydroxylation is 1. The third-order valence-electron chi connectivity index (χ3n) is 2.99. The Labute approximate surface area is 88.9 Å². The van der Waals surface area contributed by atoms with Crippen LogP contribution in [0.1, 0.15) is 24.4 Å². The van der Waals surface area contributed by atoms with E-state index in [1.165, 1.54) is 0 Å². The van der Waals surface area contributed by atoms with Crippen LogP contribution in [-0.2, 0) is 11.8 Å². The molecule has 2 atom stereocenters. The van der Waals surface area contributed by atoms with Gasteiger partial charge in [0.25, 0.3) is 0 Å². The van der Waals surface area contributed by atoms with Crippen LogP contribution in [-0.4, -0.2) is 22.2 Å². The van der Waals surface area contributed by atoms with Crippen LogP contribution in [0.15, 0.2) is 18.5 Å². The fraction of sp³-hybridized carbons (Fsp3) is 0.545. The molecule has 2 rings (SSSR count). The summed E-state index contributed by atoms with van der Waals surface area (Å²) in [5.74, 6) is -0.989. The number of nitrogens with zero attached hydrogens (tertiary/aromatic N) is 1. The number of rotatable bonds is 2. The second kappa shape index (κ2) is 4.06. The zero-order chi connectivity index (χ0) is 10.8. The number of aromatic nitrogens is 1. The highest BCUT2D eigenvalue weighted by Crippen LogP contribution is 2.29. The summed E-state index contributed by atoms with van der Waals surface area (Å²) in [5.41, 5.74) is 1.07. The molecule has 82 valence electrons. The number of nitrogens with one attached hydrogen (secondary N) is 1. The van der Waals surface area contributed by atoms with Gasteiger partial charge in [-0.05, 0) is 31.0 Å². The summed E-state index contributed by atoms with van der Waals surface area (Å²) in [6, 6.07) is 1.95. The Morgan fingerprint density at radius 3 is 3.07 bits per heavy atom. The van der Waals surface area contributed by atoms with Crippen LogP contribution in [0.4, 0.5) is 0 Å². The Hall–Kier alpha value is -1.29. The molecule has 4 nitrogen and oxygen atoms in total. The van der Waals surface area contributed by atoms with Crippen molar-refractivity contribution in [2.75, 3.05) is 6.54 Å². The number of hydrogen-bond donors (Lipinski definition) is 2. The van der Waals surface area contributed by atoms with Gasteiger partial charge in [-0.1, -0.05) is 0 Å². The highest BCUT2D eigenvalue weighted by Gasteiger charge is 2.31. The molecule has 1 aromatic rings. The minimum Gasteiger partial charge on any atom is -0.481 e. The predicted molar refractivity (Wildman–Crippen MR) is 56.5 cm³/mol. The predicted octanol–water partition coefficient (Wildman–Crippen LogP) is 1.15. The quantitative estimate of drug-likeness (QED) is 0.766. The maximum Gasteiger partial charge on any atom is 0.308 e. The van der Waals surface area contributed by atoms with E-state index in [0.29, 0.717) is 0 Å². The van der Waals surface area contributed by atoms with Crippen molar-refractivity contribution >= 4 is 5.97 Å². The smallest absolute Gasteiger partial charge is 0.308 e. The Bertz CT molecular complexity index is 359. The van der Waals surface area contributed by atoms with E-state index >= 15 is 0 Å². The van der Waals surface area contributed by atoms with Crippen molar-refractivity contribution in [1.29, 1.82) is 0 Å². The Balaban J connectivity index is 2.21. The lowest BCUT2D eigenvalue weighted by Gasteiger charge is -2.29. The summed E-state index contributed by atoms with van der Waals surface area (Å²) >= 11 is 0. The van der Waals surface area contributed by atoms with E-state index in [0.717, 1.165) is 24.9 Å². The van der Waals surface area contributed by atoms with Gasteiger partial charge in [0.2, 0.25) is 0 Å². The molecule has 1 fully saturated rings. The second-order valence-electron chi connectivity index (χ2n) is 4.13. The lowest BCUT2D eigenvalue weighted by atomic mass is 9.87. The summed E-state index contributed by atoms with van der Waals surface area (Å²) in [5, 5.41) is 12.4. The monoisotopic (exact) mass is 208 g/mol. The third-order valence-corrected chi connectivity index (χ3v) is 2.99. The van der Waals surface area contributed by atoms with Gasteiger partial charge in [0.1, 0.15) is 0 Å². The third kappa shape index (κ3) is 2.04. The molecule has 0 amide bonds. The molecule has 1 aromatic heterocycles. The molecular formula is C11H16N2O2. The topological polar surface area (TPSA) is 54.3 Å². The summed E-state index contributed by atoms with van der Waals surface area (Å²) in [4.78, 5) is 11.1. The van der Waals surface area contributed by atoms with E-state index in [1.807, 2.05) is 30.1 Å². The van der Waals surface area contributed by atoms with Gasteiger partial charge in [-0.15, -0.1) is 0 Å². The molecule has 0 unspecified atom stereocenters. The largest absolute Gasteiger partial charge is 0.481 e. The molecule has 4 heteroatoms. The summed E-state index contributed by atoms with van der Waals surface area (Å²) in [6.07, 6.45) is 5.64. The van der Waals surface area contributed by atoms with Gasteiger partial charge < -0.3 is 15.0 Å². The first-order valence-corrected chi connectivity index (χ1v) is 5.26. The first-order chi connectivity index (χ1) is 7.18. The number of carbonyl (C=O) groups is 1. The molecule has 0 aliphatic carbocycles. The first-order valence-electron chi connectivity index (χ1n) is 5.26. The number of carboxylic acid groups (broad SMARTS) is 1. The van der Waals surface area contributed by atoms with Crippen LogP contribution in [0.2, 0.25) is 0 Å². The van der Waals surface area contributed by atoms with Gasteiger partial charge in [-0.3, -0.25) is 4.79 Å². The average Bonchev–Trinajstić information content (AvgIpc) is 2.65. The van der Waals surface area contributed by atoms with Crippen molar-refractivity contribution in [2.45, 2.75) is 18.9 Å². The fourth-order valence-electron chi connectivity index (χ4n) is 2.21. The first kappa shape index (κ1) is 10.2. The SMILES string of the molecule is Cn1ccc([C@@H]2NCCC[C@H]2C(=O)O)c1. The van der Waals surface area contributed by atoms with Gasteiger partial charge >= 0.3 is 5.97 Å². The molecule has 0 radical (unpaired) electrons. The van der Waals surface area contributed by atoms with E-state index in [1.54, 1.807) is 0 Å². The fourth-order valence-corrected chi connectivity index (χ4v) is 2.21. The van der Waals surface area contributed by atoms with Crippen LogP contribution < -0.4 is 5.32 Å². The number of aliphatic carboxylic acids is 1. The highest BCUT2D eigenvalue weighted by atomic mass is 16.4. The van der Waals surface area contributed by atoms with E-state index in [4.69, 9.17) is 5.11 Å². The van der Waals surface area contributed by atoms with Crippen molar-refractivity contribution in [2.24, 2.45) is 13.0 Å². The van der Waals surface area contributed by atoms with Crippen molar-refractivity contribution in [1.82, 2.24) is 9.88 Å².